The molecule has 0 radical (unpaired) electrons. The Kier molecular flexibility index (Phi) is 1.52. The van der Waals surface area contributed by atoms with Crippen LogP contribution in [0.3, 0.4) is 0 Å². The van der Waals surface area contributed by atoms with Crippen molar-refractivity contribution in [3.05, 3.63) is 0 Å². The van der Waals surface area contributed by atoms with E-state index in [0.29, 0.717) is 6.61 Å². The van der Waals surface area contributed by atoms with E-state index in [1.54, 1.807) is 0 Å². The lowest BCUT2D eigenvalue weighted by atomic mass is 10.4. The minimum Gasteiger partial charge on any atom is -0.347 e. The second-order valence-electron chi connectivity index (χ2n) is 2.28. The summed E-state index contributed by atoms with van der Waals surface area (Å²) in [7, 11) is 0. The van der Waals surface area contributed by atoms with Gasteiger partial charge < -0.3 is 9.47 Å². The van der Waals surface area contributed by atoms with Gasteiger partial charge in [-0.2, -0.15) is 0 Å². The summed E-state index contributed by atoms with van der Waals surface area (Å²) >= 11 is 4.06. The van der Waals surface area contributed by atoms with Gasteiger partial charge in [-0.1, -0.05) is 0 Å². The molecule has 1 fully saturated rings. The molecule has 0 aromatic carbocycles. The molecule has 48 valence electrons. The largest absolute Gasteiger partial charge is 0.347 e. The van der Waals surface area contributed by atoms with Crippen molar-refractivity contribution in [3.8, 4) is 0 Å². The summed E-state index contributed by atoms with van der Waals surface area (Å²) < 4.78 is 10.3. The topological polar surface area (TPSA) is 18.5 Å². The SMILES string of the molecule is CC1(C)OCC(S)O1. The maximum atomic E-state index is 5.19. The van der Waals surface area contributed by atoms with Gasteiger partial charge in [-0.05, 0) is 13.8 Å². The molecule has 0 N–H and O–H groups in total. The second kappa shape index (κ2) is 1.90. The van der Waals surface area contributed by atoms with Crippen LogP contribution in [0.15, 0.2) is 0 Å². The fraction of sp³-hybridized carbons (Fsp3) is 1.00. The van der Waals surface area contributed by atoms with Crippen molar-refractivity contribution >= 4 is 12.6 Å². The van der Waals surface area contributed by atoms with Crippen LogP contribution in [0.1, 0.15) is 13.8 Å². The smallest absolute Gasteiger partial charge is 0.164 e. The number of ether oxygens (including phenoxy) is 2. The molecule has 0 spiro atoms. The van der Waals surface area contributed by atoms with Gasteiger partial charge >= 0.3 is 0 Å². The zero-order chi connectivity index (χ0) is 6.20. The molecular formula is C5H10O2S. The van der Waals surface area contributed by atoms with Gasteiger partial charge in [-0.25, -0.2) is 0 Å². The van der Waals surface area contributed by atoms with Crippen molar-refractivity contribution in [3.63, 3.8) is 0 Å². The molecule has 1 atom stereocenters. The van der Waals surface area contributed by atoms with Gasteiger partial charge in [0.25, 0.3) is 0 Å². The molecule has 1 heterocycles. The van der Waals surface area contributed by atoms with Gasteiger partial charge in [0.15, 0.2) is 5.79 Å². The molecule has 1 rings (SSSR count). The first-order valence-corrected chi connectivity index (χ1v) is 3.12. The molecule has 8 heavy (non-hydrogen) atoms. The zero-order valence-electron chi connectivity index (χ0n) is 5.05. The average Bonchev–Trinajstić information content (AvgIpc) is 1.82. The van der Waals surface area contributed by atoms with Crippen molar-refractivity contribution in [2.24, 2.45) is 0 Å². The van der Waals surface area contributed by atoms with Crippen LogP contribution in [-0.2, 0) is 9.47 Å². The van der Waals surface area contributed by atoms with Gasteiger partial charge in [0, 0.05) is 0 Å². The van der Waals surface area contributed by atoms with Crippen LogP contribution >= 0.6 is 12.6 Å². The molecule has 0 bridgehead atoms. The van der Waals surface area contributed by atoms with E-state index in [1.165, 1.54) is 0 Å². The minimum absolute atomic E-state index is 0.0370. The van der Waals surface area contributed by atoms with Crippen LogP contribution in [-0.4, -0.2) is 17.8 Å². The molecular weight excluding hydrogens is 124 g/mol. The fourth-order valence-electron chi connectivity index (χ4n) is 0.668. The summed E-state index contributed by atoms with van der Waals surface area (Å²) in [5.74, 6) is -0.410. The molecule has 0 aromatic rings. The molecule has 0 aliphatic carbocycles. The van der Waals surface area contributed by atoms with E-state index >= 15 is 0 Å². The van der Waals surface area contributed by atoms with E-state index in [0.717, 1.165) is 0 Å². The molecule has 1 unspecified atom stereocenters. The molecule has 3 heteroatoms. The normalized spacial score (nSPS) is 35.6. The van der Waals surface area contributed by atoms with Crippen molar-refractivity contribution < 1.29 is 9.47 Å². The van der Waals surface area contributed by atoms with Crippen molar-refractivity contribution in [1.82, 2.24) is 0 Å². The van der Waals surface area contributed by atoms with Crippen molar-refractivity contribution in [2.45, 2.75) is 25.1 Å². The van der Waals surface area contributed by atoms with E-state index in [-0.39, 0.29) is 5.44 Å². The summed E-state index contributed by atoms with van der Waals surface area (Å²) in [5.41, 5.74) is -0.0370. The standard InChI is InChI=1S/C5H10O2S/c1-5(2)6-3-4(8)7-5/h4,8H,3H2,1-2H3. The Balaban J connectivity index is 2.44. The van der Waals surface area contributed by atoms with Gasteiger partial charge in [0.05, 0.1) is 6.61 Å². The molecule has 2 nitrogen and oxygen atoms in total. The third-order valence-electron chi connectivity index (χ3n) is 0.993. The summed E-state index contributed by atoms with van der Waals surface area (Å²) in [4.78, 5) is 0. The van der Waals surface area contributed by atoms with Gasteiger partial charge in [-0.15, -0.1) is 12.6 Å². The summed E-state index contributed by atoms with van der Waals surface area (Å²) in [6.07, 6.45) is 0. The lowest BCUT2D eigenvalue weighted by Gasteiger charge is -2.14. The van der Waals surface area contributed by atoms with E-state index in [4.69, 9.17) is 9.47 Å². The van der Waals surface area contributed by atoms with E-state index < -0.39 is 5.79 Å². The molecule has 0 aromatic heterocycles. The van der Waals surface area contributed by atoms with Crippen LogP contribution in [0.4, 0.5) is 0 Å². The van der Waals surface area contributed by atoms with E-state index in [1.807, 2.05) is 13.8 Å². The zero-order valence-corrected chi connectivity index (χ0v) is 5.94. The Hall–Kier alpha value is 0.270. The fourth-order valence-corrected chi connectivity index (χ4v) is 0.996. The monoisotopic (exact) mass is 134 g/mol. The predicted octanol–water partition coefficient (Wildman–Crippen LogP) is 1.03. The molecule has 0 amide bonds. The highest BCUT2D eigenvalue weighted by molar-refractivity contribution is 7.80. The highest BCUT2D eigenvalue weighted by Gasteiger charge is 2.29. The lowest BCUT2D eigenvalue weighted by Crippen LogP contribution is -2.19. The second-order valence-corrected chi connectivity index (χ2v) is 2.86. The van der Waals surface area contributed by atoms with E-state index in [2.05, 4.69) is 12.6 Å². The Morgan fingerprint density at radius 2 is 2.25 bits per heavy atom. The van der Waals surface area contributed by atoms with E-state index in [9.17, 15) is 0 Å². The Bertz CT molecular complexity index is 92.4. The first kappa shape index (κ1) is 6.39. The average molecular weight is 134 g/mol. The van der Waals surface area contributed by atoms with Gasteiger partial charge in [0.1, 0.15) is 5.44 Å². The van der Waals surface area contributed by atoms with Crippen LogP contribution < -0.4 is 0 Å². The highest BCUT2D eigenvalue weighted by atomic mass is 32.1. The Morgan fingerprint density at radius 1 is 1.62 bits per heavy atom. The number of thiol groups is 1. The first-order valence-electron chi connectivity index (χ1n) is 2.60. The molecule has 1 aliphatic rings. The number of hydrogen-bond acceptors (Lipinski definition) is 3. The third kappa shape index (κ3) is 1.37. The Morgan fingerprint density at radius 3 is 2.38 bits per heavy atom. The lowest BCUT2D eigenvalue weighted by molar-refractivity contribution is -0.129. The molecule has 1 aliphatic heterocycles. The van der Waals surface area contributed by atoms with Crippen LogP contribution in [0.25, 0.3) is 0 Å². The minimum atomic E-state index is -0.410. The highest BCUT2D eigenvalue weighted by Crippen LogP contribution is 2.23. The van der Waals surface area contributed by atoms with Crippen molar-refractivity contribution in [1.29, 1.82) is 0 Å². The van der Waals surface area contributed by atoms with Crippen LogP contribution in [0.5, 0.6) is 0 Å². The molecule has 0 saturated carbocycles. The maximum Gasteiger partial charge on any atom is 0.164 e. The Labute approximate surface area is 54.6 Å². The summed E-state index contributed by atoms with van der Waals surface area (Å²) in [6, 6.07) is 0. The number of hydrogen-bond donors (Lipinski definition) is 1. The summed E-state index contributed by atoms with van der Waals surface area (Å²) in [5, 5.41) is 0. The predicted molar refractivity (Wildman–Crippen MR) is 33.9 cm³/mol. The number of rotatable bonds is 0. The maximum absolute atomic E-state index is 5.19. The first-order chi connectivity index (χ1) is 3.60. The van der Waals surface area contributed by atoms with Crippen LogP contribution in [0.2, 0.25) is 0 Å². The van der Waals surface area contributed by atoms with Crippen LogP contribution in [0, 0.1) is 0 Å². The summed E-state index contributed by atoms with van der Waals surface area (Å²) in [6.45, 7) is 4.35. The van der Waals surface area contributed by atoms with Crippen molar-refractivity contribution in [2.75, 3.05) is 6.61 Å². The quantitative estimate of drug-likeness (QED) is 0.499. The molecule has 1 saturated heterocycles. The van der Waals surface area contributed by atoms with Gasteiger partial charge in [-0.3, -0.25) is 0 Å². The van der Waals surface area contributed by atoms with Gasteiger partial charge in [0.2, 0.25) is 0 Å². The third-order valence-corrected chi connectivity index (χ3v) is 1.25.